The maximum Gasteiger partial charge on any atom is 0.141 e. The molecule has 1 aliphatic carbocycles. The van der Waals surface area contributed by atoms with Gasteiger partial charge in [0.05, 0.1) is 12.1 Å². The van der Waals surface area contributed by atoms with E-state index in [9.17, 15) is 0 Å². The summed E-state index contributed by atoms with van der Waals surface area (Å²) < 4.78 is 5.32. The fraction of sp³-hybridized carbons (Fsp3) is 0.455. The van der Waals surface area contributed by atoms with Gasteiger partial charge >= 0.3 is 0 Å². The SMILES string of the molecule is COc1c(Cl)cccc1C1(CN)CC1. The molecule has 0 heterocycles. The van der Waals surface area contributed by atoms with Crippen LogP contribution in [-0.4, -0.2) is 13.7 Å². The third-order valence-electron chi connectivity index (χ3n) is 2.99. The van der Waals surface area contributed by atoms with E-state index in [0.29, 0.717) is 11.6 Å². The Morgan fingerprint density at radius 1 is 1.50 bits per heavy atom. The third kappa shape index (κ3) is 1.39. The van der Waals surface area contributed by atoms with Crippen LogP contribution in [0.15, 0.2) is 18.2 Å². The Morgan fingerprint density at radius 3 is 2.71 bits per heavy atom. The molecule has 0 amide bonds. The molecular weight excluding hydrogens is 198 g/mol. The normalized spacial score (nSPS) is 17.9. The zero-order valence-corrected chi connectivity index (χ0v) is 8.97. The highest BCUT2D eigenvalue weighted by Gasteiger charge is 2.45. The fourth-order valence-corrected chi connectivity index (χ4v) is 2.12. The third-order valence-corrected chi connectivity index (χ3v) is 3.28. The average Bonchev–Trinajstić information content (AvgIpc) is 2.98. The molecule has 14 heavy (non-hydrogen) atoms. The van der Waals surface area contributed by atoms with Crippen LogP contribution in [0.1, 0.15) is 18.4 Å². The molecule has 1 aliphatic rings. The van der Waals surface area contributed by atoms with Crippen molar-refractivity contribution in [2.75, 3.05) is 13.7 Å². The number of hydrogen-bond acceptors (Lipinski definition) is 2. The molecule has 1 saturated carbocycles. The van der Waals surface area contributed by atoms with E-state index in [2.05, 4.69) is 6.07 Å². The van der Waals surface area contributed by atoms with E-state index >= 15 is 0 Å². The van der Waals surface area contributed by atoms with E-state index in [0.717, 1.165) is 24.2 Å². The van der Waals surface area contributed by atoms with Gasteiger partial charge in [0.2, 0.25) is 0 Å². The molecule has 2 nitrogen and oxygen atoms in total. The lowest BCUT2D eigenvalue weighted by Crippen LogP contribution is -2.20. The highest BCUT2D eigenvalue weighted by atomic mass is 35.5. The molecule has 1 fully saturated rings. The van der Waals surface area contributed by atoms with Gasteiger partial charge in [0.25, 0.3) is 0 Å². The van der Waals surface area contributed by atoms with Crippen molar-refractivity contribution in [2.45, 2.75) is 18.3 Å². The van der Waals surface area contributed by atoms with Crippen molar-refractivity contribution < 1.29 is 4.74 Å². The predicted octanol–water partition coefficient (Wildman–Crippen LogP) is 2.34. The lowest BCUT2D eigenvalue weighted by Gasteiger charge is -2.17. The summed E-state index contributed by atoms with van der Waals surface area (Å²) in [4.78, 5) is 0. The number of benzene rings is 1. The minimum atomic E-state index is 0.135. The van der Waals surface area contributed by atoms with Gasteiger partial charge in [-0.2, -0.15) is 0 Å². The molecule has 3 heteroatoms. The van der Waals surface area contributed by atoms with Gasteiger partial charge in [-0.1, -0.05) is 23.7 Å². The van der Waals surface area contributed by atoms with Crippen LogP contribution in [0.3, 0.4) is 0 Å². The highest BCUT2D eigenvalue weighted by Crippen LogP contribution is 2.51. The second-order valence-electron chi connectivity index (χ2n) is 3.81. The van der Waals surface area contributed by atoms with Crippen molar-refractivity contribution >= 4 is 11.6 Å². The van der Waals surface area contributed by atoms with E-state index in [1.165, 1.54) is 0 Å². The quantitative estimate of drug-likeness (QED) is 0.833. The second-order valence-corrected chi connectivity index (χ2v) is 4.21. The van der Waals surface area contributed by atoms with Gasteiger partial charge in [0.1, 0.15) is 5.75 Å². The van der Waals surface area contributed by atoms with Gasteiger partial charge in [-0.3, -0.25) is 0 Å². The summed E-state index contributed by atoms with van der Waals surface area (Å²) in [5, 5.41) is 0.671. The largest absolute Gasteiger partial charge is 0.495 e. The Labute approximate surface area is 89.0 Å². The summed E-state index contributed by atoms with van der Waals surface area (Å²) in [5.74, 6) is 0.789. The molecule has 1 aromatic rings. The summed E-state index contributed by atoms with van der Waals surface area (Å²) in [6, 6.07) is 5.86. The maximum atomic E-state index is 6.05. The van der Waals surface area contributed by atoms with E-state index in [4.69, 9.17) is 22.1 Å². The molecule has 0 spiro atoms. The fourth-order valence-electron chi connectivity index (χ4n) is 1.87. The molecule has 0 aromatic heterocycles. The standard InChI is InChI=1S/C11H14ClNO/c1-14-10-8(3-2-4-9(10)12)11(7-13)5-6-11/h2-4H,5-7,13H2,1H3. The lowest BCUT2D eigenvalue weighted by atomic mass is 9.95. The number of nitrogens with two attached hydrogens (primary N) is 1. The van der Waals surface area contributed by atoms with Gasteiger partial charge < -0.3 is 10.5 Å². The number of ether oxygens (including phenoxy) is 1. The Bertz CT molecular complexity index is 347. The summed E-state index contributed by atoms with van der Waals surface area (Å²) in [7, 11) is 1.65. The molecule has 2 rings (SSSR count). The van der Waals surface area contributed by atoms with E-state index in [1.54, 1.807) is 7.11 Å². The van der Waals surface area contributed by atoms with Crippen LogP contribution in [0, 0.1) is 0 Å². The molecule has 0 radical (unpaired) electrons. The van der Waals surface area contributed by atoms with E-state index < -0.39 is 0 Å². The van der Waals surface area contributed by atoms with Gasteiger partial charge in [-0.25, -0.2) is 0 Å². The van der Waals surface area contributed by atoms with Crippen LogP contribution in [0.25, 0.3) is 0 Å². The van der Waals surface area contributed by atoms with Gasteiger partial charge in [-0.15, -0.1) is 0 Å². The Kier molecular flexibility index (Phi) is 2.41. The van der Waals surface area contributed by atoms with E-state index in [1.807, 2.05) is 12.1 Å². The molecule has 1 aromatic carbocycles. The first kappa shape index (κ1) is 9.81. The molecule has 0 saturated heterocycles. The highest BCUT2D eigenvalue weighted by molar-refractivity contribution is 6.32. The van der Waals surface area contributed by atoms with Gasteiger partial charge in [0, 0.05) is 17.5 Å². The number of halogens is 1. The Hall–Kier alpha value is -0.730. The first-order valence-corrected chi connectivity index (χ1v) is 5.14. The smallest absolute Gasteiger partial charge is 0.141 e. The van der Waals surface area contributed by atoms with Crippen molar-refractivity contribution in [1.82, 2.24) is 0 Å². The Balaban J connectivity index is 2.47. The summed E-state index contributed by atoms with van der Waals surface area (Å²) in [5.41, 5.74) is 7.07. The molecule has 76 valence electrons. The number of methoxy groups -OCH3 is 1. The molecule has 0 unspecified atom stereocenters. The van der Waals surface area contributed by atoms with Gasteiger partial charge in [0.15, 0.2) is 0 Å². The monoisotopic (exact) mass is 211 g/mol. The van der Waals surface area contributed by atoms with Crippen molar-refractivity contribution in [3.63, 3.8) is 0 Å². The van der Waals surface area contributed by atoms with E-state index in [-0.39, 0.29) is 5.41 Å². The average molecular weight is 212 g/mol. The summed E-state index contributed by atoms with van der Waals surface area (Å²) >= 11 is 6.05. The molecule has 0 aliphatic heterocycles. The number of hydrogen-bond donors (Lipinski definition) is 1. The minimum Gasteiger partial charge on any atom is -0.495 e. The van der Waals surface area contributed by atoms with Crippen LogP contribution >= 0.6 is 11.6 Å². The predicted molar refractivity (Wildman–Crippen MR) is 58.0 cm³/mol. The van der Waals surface area contributed by atoms with Crippen LogP contribution in [0.5, 0.6) is 5.75 Å². The van der Waals surface area contributed by atoms with Crippen LogP contribution in [0.4, 0.5) is 0 Å². The molecule has 2 N–H and O–H groups in total. The first-order chi connectivity index (χ1) is 6.73. The summed E-state index contributed by atoms with van der Waals surface area (Å²) in [6.45, 7) is 0.670. The second kappa shape index (κ2) is 3.44. The van der Waals surface area contributed by atoms with Gasteiger partial charge in [-0.05, 0) is 18.9 Å². The lowest BCUT2D eigenvalue weighted by molar-refractivity contribution is 0.404. The van der Waals surface area contributed by atoms with Crippen LogP contribution in [0.2, 0.25) is 5.02 Å². The molecule has 0 bridgehead atoms. The molecule has 0 atom stereocenters. The minimum absolute atomic E-state index is 0.135. The van der Waals surface area contributed by atoms with Crippen LogP contribution < -0.4 is 10.5 Å². The topological polar surface area (TPSA) is 35.2 Å². The first-order valence-electron chi connectivity index (χ1n) is 4.76. The maximum absolute atomic E-state index is 6.05. The zero-order chi connectivity index (χ0) is 10.2. The number of rotatable bonds is 3. The molecular formula is C11H14ClNO. The number of para-hydroxylation sites is 1. The zero-order valence-electron chi connectivity index (χ0n) is 8.22. The van der Waals surface area contributed by atoms with Crippen molar-refractivity contribution in [2.24, 2.45) is 5.73 Å². The van der Waals surface area contributed by atoms with Crippen molar-refractivity contribution in [1.29, 1.82) is 0 Å². The van der Waals surface area contributed by atoms with Crippen molar-refractivity contribution in [3.05, 3.63) is 28.8 Å². The van der Waals surface area contributed by atoms with Crippen LogP contribution in [-0.2, 0) is 5.41 Å². The van der Waals surface area contributed by atoms with Crippen molar-refractivity contribution in [3.8, 4) is 5.75 Å². The Morgan fingerprint density at radius 2 is 2.21 bits per heavy atom. The summed E-state index contributed by atoms with van der Waals surface area (Å²) in [6.07, 6.45) is 2.28.